The Morgan fingerprint density at radius 3 is 2.61 bits per heavy atom. The second-order valence-electron chi connectivity index (χ2n) is 7.08. The molecule has 1 aliphatic rings. The van der Waals surface area contributed by atoms with E-state index in [9.17, 15) is 14.4 Å². The van der Waals surface area contributed by atoms with Crippen LogP contribution in [0.2, 0.25) is 0 Å². The fourth-order valence-electron chi connectivity index (χ4n) is 3.28. The van der Waals surface area contributed by atoms with E-state index >= 15 is 0 Å². The van der Waals surface area contributed by atoms with Crippen LogP contribution < -0.4 is 10.6 Å². The zero-order valence-electron chi connectivity index (χ0n) is 16.6. The number of hydrogen-bond acceptors (Lipinski definition) is 3. The first-order valence-corrected chi connectivity index (χ1v) is 10.6. The summed E-state index contributed by atoms with van der Waals surface area (Å²) in [7, 11) is 0. The van der Waals surface area contributed by atoms with Gasteiger partial charge >= 0.3 is 6.03 Å². The Balaban J connectivity index is 1.50. The average Bonchev–Trinajstić information content (AvgIpc) is 3.29. The molecule has 0 saturated carbocycles. The van der Waals surface area contributed by atoms with Crippen molar-refractivity contribution in [2.45, 2.75) is 6.92 Å². The first kappa shape index (κ1) is 20.9. The van der Waals surface area contributed by atoms with Crippen molar-refractivity contribution in [3.05, 3.63) is 87.4 Å². The van der Waals surface area contributed by atoms with Gasteiger partial charge in [0.05, 0.1) is 0 Å². The number of nitrogens with one attached hydrogen (secondary N) is 2. The van der Waals surface area contributed by atoms with E-state index in [1.54, 1.807) is 12.1 Å². The van der Waals surface area contributed by atoms with Gasteiger partial charge in [0, 0.05) is 26.8 Å². The van der Waals surface area contributed by atoms with E-state index in [1.807, 2.05) is 72.3 Å². The zero-order chi connectivity index (χ0) is 22.0. The molecule has 31 heavy (non-hydrogen) atoms. The third-order valence-electron chi connectivity index (χ3n) is 4.74. The van der Waals surface area contributed by atoms with E-state index in [0.717, 1.165) is 25.4 Å². The first-order chi connectivity index (χ1) is 14.9. The first-order valence-electron chi connectivity index (χ1n) is 9.55. The molecule has 1 saturated heterocycles. The Kier molecular flexibility index (Phi) is 5.90. The van der Waals surface area contributed by atoms with Crippen molar-refractivity contribution in [2.75, 3.05) is 11.9 Å². The van der Waals surface area contributed by atoms with Crippen molar-refractivity contribution in [3.63, 3.8) is 0 Å². The summed E-state index contributed by atoms with van der Waals surface area (Å²) >= 11 is 2.24. The quantitative estimate of drug-likeness (QED) is 0.301. The number of carbonyl (C=O) groups is 3. The number of urea groups is 1. The summed E-state index contributed by atoms with van der Waals surface area (Å²) in [6.07, 6.45) is 3.49. The summed E-state index contributed by atoms with van der Waals surface area (Å²) in [6, 6.07) is 18.3. The van der Waals surface area contributed by atoms with Crippen molar-refractivity contribution in [2.24, 2.45) is 0 Å². The van der Waals surface area contributed by atoms with E-state index in [1.165, 1.54) is 0 Å². The van der Waals surface area contributed by atoms with Crippen LogP contribution in [0.5, 0.6) is 0 Å². The van der Waals surface area contributed by atoms with E-state index < -0.39 is 17.8 Å². The number of nitrogens with zero attached hydrogens (tertiary/aromatic N) is 2. The lowest BCUT2D eigenvalue weighted by Crippen LogP contribution is -2.38. The van der Waals surface area contributed by atoms with Crippen LogP contribution >= 0.6 is 22.6 Å². The van der Waals surface area contributed by atoms with Crippen LogP contribution in [-0.4, -0.2) is 33.9 Å². The number of carbonyl (C=O) groups excluding carboxylic acids is 3. The predicted molar refractivity (Wildman–Crippen MR) is 127 cm³/mol. The van der Waals surface area contributed by atoms with Crippen LogP contribution in [0.25, 0.3) is 11.8 Å². The Morgan fingerprint density at radius 2 is 1.87 bits per heavy atom. The molecule has 2 aromatic carbocycles. The van der Waals surface area contributed by atoms with Gasteiger partial charge in [-0.2, -0.15) is 0 Å². The number of aromatic nitrogens is 1. The molecule has 4 amide bonds. The van der Waals surface area contributed by atoms with Crippen molar-refractivity contribution in [1.29, 1.82) is 0 Å². The lowest BCUT2D eigenvalue weighted by atomic mass is 10.2. The van der Waals surface area contributed by atoms with Crippen LogP contribution in [0.1, 0.15) is 11.3 Å². The van der Waals surface area contributed by atoms with Gasteiger partial charge in [-0.15, -0.1) is 0 Å². The standard InChI is InChI=1S/C23H19IN4O3/c1-15-4-2-5-17(12-15)25-21(29)14-28-22(30)20(26-23(28)31)13-19-6-3-11-27(19)18-9-7-16(24)8-10-18/h2-13H,14H2,1H3,(H,25,29)(H,26,31)/b20-13+. The predicted octanol–water partition coefficient (Wildman–Crippen LogP) is 3.92. The van der Waals surface area contributed by atoms with Crippen LogP contribution in [-0.2, 0) is 9.59 Å². The molecule has 7 nitrogen and oxygen atoms in total. The highest BCUT2D eigenvalue weighted by Crippen LogP contribution is 2.19. The highest BCUT2D eigenvalue weighted by Gasteiger charge is 2.35. The van der Waals surface area contributed by atoms with E-state index in [4.69, 9.17) is 0 Å². The Bertz CT molecular complexity index is 1200. The van der Waals surface area contributed by atoms with E-state index in [-0.39, 0.29) is 12.2 Å². The molecule has 1 fully saturated rings. The molecule has 156 valence electrons. The van der Waals surface area contributed by atoms with Gasteiger partial charge in [0.25, 0.3) is 5.91 Å². The van der Waals surface area contributed by atoms with Gasteiger partial charge in [0.1, 0.15) is 12.2 Å². The molecule has 2 N–H and O–H groups in total. The summed E-state index contributed by atoms with van der Waals surface area (Å²) in [4.78, 5) is 38.3. The molecular weight excluding hydrogens is 507 g/mol. The number of benzene rings is 2. The molecule has 1 aromatic heterocycles. The van der Waals surface area contributed by atoms with Crippen LogP contribution in [0, 0.1) is 10.5 Å². The minimum absolute atomic E-state index is 0.124. The van der Waals surface area contributed by atoms with Crippen LogP contribution in [0.3, 0.4) is 0 Å². The molecule has 2 heterocycles. The molecule has 0 unspecified atom stereocenters. The smallest absolute Gasteiger partial charge is 0.325 e. The molecular formula is C23H19IN4O3. The van der Waals surface area contributed by atoms with Gasteiger partial charge in [-0.05, 0) is 89.7 Å². The van der Waals surface area contributed by atoms with Gasteiger partial charge in [-0.3, -0.25) is 9.59 Å². The van der Waals surface area contributed by atoms with Crippen LogP contribution in [0.4, 0.5) is 10.5 Å². The number of rotatable bonds is 5. The fourth-order valence-corrected chi connectivity index (χ4v) is 3.64. The second kappa shape index (κ2) is 8.76. The summed E-state index contributed by atoms with van der Waals surface area (Å²) in [5.74, 6) is -0.989. The van der Waals surface area contributed by atoms with Gasteiger partial charge in [-0.25, -0.2) is 9.69 Å². The maximum absolute atomic E-state index is 12.8. The Labute approximate surface area is 192 Å². The summed E-state index contributed by atoms with van der Waals surface area (Å²) in [5, 5.41) is 5.27. The Morgan fingerprint density at radius 1 is 1.10 bits per heavy atom. The topological polar surface area (TPSA) is 83.4 Å². The van der Waals surface area contributed by atoms with Gasteiger partial charge < -0.3 is 15.2 Å². The van der Waals surface area contributed by atoms with E-state index in [0.29, 0.717) is 5.69 Å². The number of aryl methyl sites for hydroxylation is 1. The van der Waals surface area contributed by atoms with Crippen molar-refractivity contribution in [3.8, 4) is 5.69 Å². The molecule has 0 bridgehead atoms. The number of amides is 4. The molecule has 3 aromatic rings. The number of halogens is 1. The molecule has 0 radical (unpaired) electrons. The summed E-state index contributed by atoms with van der Waals surface area (Å²) in [6.45, 7) is 1.55. The normalized spacial score (nSPS) is 14.8. The molecule has 8 heteroatoms. The third kappa shape index (κ3) is 4.69. The SMILES string of the molecule is Cc1cccc(NC(=O)CN2C(=O)N/C(=C/c3cccn3-c3ccc(I)cc3)C2=O)c1. The number of anilines is 1. The van der Waals surface area contributed by atoms with Gasteiger partial charge in [-0.1, -0.05) is 12.1 Å². The molecule has 4 rings (SSSR count). The molecule has 0 aliphatic carbocycles. The van der Waals surface area contributed by atoms with Crippen molar-refractivity contribution in [1.82, 2.24) is 14.8 Å². The molecule has 0 spiro atoms. The average molecular weight is 526 g/mol. The van der Waals surface area contributed by atoms with Gasteiger partial charge in [0.15, 0.2) is 0 Å². The lowest BCUT2D eigenvalue weighted by Gasteiger charge is -2.12. The fraction of sp³-hybridized carbons (Fsp3) is 0.0870. The Hall–Kier alpha value is -3.40. The monoisotopic (exact) mass is 526 g/mol. The highest BCUT2D eigenvalue weighted by molar-refractivity contribution is 14.1. The van der Waals surface area contributed by atoms with E-state index in [2.05, 4.69) is 33.2 Å². The lowest BCUT2D eigenvalue weighted by molar-refractivity contribution is -0.127. The van der Waals surface area contributed by atoms with Crippen LogP contribution in [0.15, 0.2) is 72.6 Å². The number of imide groups is 1. The zero-order valence-corrected chi connectivity index (χ0v) is 18.8. The van der Waals surface area contributed by atoms with Crippen molar-refractivity contribution >= 4 is 52.2 Å². The second-order valence-corrected chi connectivity index (χ2v) is 8.32. The third-order valence-corrected chi connectivity index (χ3v) is 5.46. The number of hydrogen-bond donors (Lipinski definition) is 2. The summed E-state index contributed by atoms with van der Waals surface area (Å²) < 4.78 is 3.03. The largest absolute Gasteiger partial charge is 0.329 e. The maximum Gasteiger partial charge on any atom is 0.329 e. The maximum atomic E-state index is 12.8. The minimum Gasteiger partial charge on any atom is -0.325 e. The summed E-state index contributed by atoms with van der Waals surface area (Å²) in [5.41, 5.74) is 3.40. The highest BCUT2D eigenvalue weighted by atomic mass is 127. The molecule has 0 atom stereocenters. The van der Waals surface area contributed by atoms with Gasteiger partial charge in [0.2, 0.25) is 5.91 Å². The molecule has 1 aliphatic heterocycles. The minimum atomic E-state index is -0.622. The van der Waals surface area contributed by atoms with Crippen molar-refractivity contribution < 1.29 is 14.4 Å².